The van der Waals surface area contributed by atoms with Gasteiger partial charge in [-0.15, -0.1) is 15.9 Å². The smallest absolute Gasteiger partial charge is 0.358 e. The zero-order chi connectivity index (χ0) is 43.9. The Balaban J connectivity index is 0.000000424. The lowest BCUT2D eigenvalue weighted by Crippen LogP contribution is -2.09. The molecule has 0 aliphatic rings. The molecule has 0 aromatic heterocycles. The predicted octanol–water partition coefficient (Wildman–Crippen LogP) is 9.88. The van der Waals surface area contributed by atoms with Gasteiger partial charge in [-0.05, 0) is 66.8 Å². The molecular weight excluding hydrogens is 844 g/mol. The standard InChI is InChI=1S/C14H19ClO5S.C14H13NO3S.C8H9NO4S.C5H12/c1-4-10(2)11-5-6-12(14(16)18-8-7-15)13(9-11)21-20-19-17-3;1-12-7-9-14(10-8-12)19(16,17)18-15-11-13-5-3-2-4-6-13;1-12-8-5-3-2-4-7(8)6-9-13-14(10)11;1-3-5-4-2/h5-6,9-10H,4,7-8H2,1-3H3;2-11H,1H3;2-6H,1H3,(H,10,11);3-5H2,1-2H3/p-1/b;15-11-;9-6-;. The van der Waals surface area contributed by atoms with Crippen molar-refractivity contribution >= 4 is 63.5 Å². The van der Waals surface area contributed by atoms with Crippen molar-refractivity contribution in [1.29, 1.82) is 0 Å². The highest BCUT2D eigenvalue weighted by Crippen LogP contribution is 2.30. The number of ether oxygens (including phenoxy) is 2. The number of halogens is 1. The Morgan fingerprint density at radius 3 is 2.15 bits per heavy atom. The maximum Gasteiger partial charge on any atom is 0.358 e. The number of hydrogen-bond donors (Lipinski definition) is 0. The number of hydrogen-bond acceptors (Lipinski definition) is 15. The lowest BCUT2D eigenvalue weighted by atomic mass is 9.97. The van der Waals surface area contributed by atoms with Crippen molar-refractivity contribution < 1.29 is 54.3 Å². The van der Waals surface area contributed by atoms with Crippen molar-refractivity contribution in [2.75, 3.05) is 26.7 Å². The number of esters is 1. The number of rotatable bonds is 19. The van der Waals surface area contributed by atoms with E-state index in [1.54, 1.807) is 54.6 Å². The monoisotopic (exact) mass is 895 g/mol. The van der Waals surface area contributed by atoms with Crippen molar-refractivity contribution in [1.82, 2.24) is 0 Å². The molecule has 14 nitrogen and oxygen atoms in total. The number of oxime groups is 2. The average molecular weight is 897 g/mol. The van der Waals surface area contributed by atoms with Gasteiger partial charge in [0.15, 0.2) is 11.4 Å². The second-order valence-electron chi connectivity index (χ2n) is 11.9. The predicted molar refractivity (Wildman–Crippen MR) is 230 cm³/mol. The quantitative estimate of drug-likeness (QED) is 0.0127. The lowest BCUT2D eigenvalue weighted by molar-refractivity contribution is -0.447. The fourth-order valence-electron chi connectivity index (χ4n) is 4.27. The first kappa shape index (κ1) is 52.7. The molecule has 18 heteroatoms. The number of unbranched alkanes of at least 4 members (excludes halogenated alkanes) is 2. The first-order valence-electron chi connectivity index (χ1n) is 18.3. The van der Waals surface area contributed by atoms with Crippen molar-refractivity contribution in [2.45, 2.75) is 76.0 Å². The maximum atomic E-state index is 12.0. The molecule has 0 aliphatic carbocycles. The average Bonchev–Trinajstić information content (AvgIpc) is 3.24. The molecular formula is C41H52ClN2O12S3-. The highest BCUT2D eigenvalue weighted by Gasteiger charge is 2.17. The Kier molecular flexibility index (Phi) is 28.2. The van der Waals surface area contributed by atoms with Crippen LogP contribution in [0.2, 0.25) is 0 Å². The Morgan fingerprint density at radius 1 is 0.915 bits per heavy atom. The van der Waals surface area contributed by atoms with E-state index in [0.29, 0.717) is 27.7 Å². The fourth-order valence-corrected chi connectivity index (χ4v) is 5.76. The van der Waals surface area contributed by atoms with E-state index in [1.807, 2.05) is 37.3 Å². The fraction of sp³-hybridized carbons (Fsp3) is 0.341. The van der Waals surface area contributed by atoms with Crippen LogP contribution in [0.3, 0.4) is 0 Å². The molecule has 4 aromatic rings. The van der Waals surface area contributed by atoms with Gasteiger partial charge in [0.25, 0.3) is 0 Å². The van der Waals surface area contributed by atoms with E-state index < -0.39 is 27.4 Å². The molecule has 2 atom stereocenters. The largest absolute Gasteiger partial charge is 0.738 e. The second kappa shape index (κ2) is 31.6. The van der Waals surface area contributed by atoms with Crippen molar-refractivity contribution in [2.24, 2.45) is 10.3 Å². The molecule has 4 aromatic carbocycles. The molecule has 0 bridgehead atoms. The summed E-state index contributed by atoms with van der Waals surface area (Å²) in [6.45, 7) is 10.7. The summed E-state index contributed by atoms with van der Waals surface area (Å²) in [5, 5.41) is 11.1. The van der Waals surface area contributed by atoms with Gasteiger partial charge in [-0.2, -0.15) is 8.42 Å². The Labute approximate surface area is 359 Å². The Morgan fingerprint density at radius 2 is 1.58 bits per heavy atom. The molecule has 0 N–H and O–H groups in total. The number of carbonyl (C=O) groups is 1. The third-order valence-electron chi connectivity index (χ3n) is 7.53. The first-order chi connectivity index (χ1) is 28.4. The van der Waals surface area contributed by atoms with Gasteiger partial charge in [-0.25, -0.2) is 13.9 Å². The van der Waals surface area contributed by atoms with E-state index in [-0.39, 0.29) is 17.4 Å². The molecule has 2 unspecified atom stereocenters. The summed E-state index contributed by atoms with van der Waals surface area (Å²) in [5.74, 6) is 0.773. The summed E-state index contributed by atoms with van der Waals surface area (Å²) in [6, 6.07) is 28.0. The summed E-state index contributed by atoms with van der Waals surface area (Å²) in [7, 11) is -1.01. The normalized spacial score (nSPS) is 11.8. The Hall–Kier alpha value is -4.33. The molecule has 0 saturated heterocycles. The Bertz CT molecular complexity index is 1950. The van der Waals surface area contributed by atoms with Gasteiger partial charge in [-0.1, -0.05) is 129 Å². The SMILES string of the molecule is CCC(C)c1ccc(C(=O)OCCCl)c(SOOOC)c1.CCCCC.COc1ccccc1/C=N\OS(=O)[O-].Cc1ccc(S(=O)(=O)O/N=C\c2ccccc2)cc1. The van der Waals surface area contributed by atoms with Crippen LogP contribution in [0.25, 0.3) is 0 Å². The highest BCUT2D eigenvalue weighted by molar-refractivity contribution is 7.94. The van der Waals surface area contributed by atoms with Gasteiger partial charge in [0.2, 0.25) is 0 Å². The molecule has 0 fully saturated rings. The van der Waals surface area contributed by atoms with E-state index in [0.717, 1.165) is 35.2 Å². The van der Waals surface area contributed by atoms with E-state index in [4.69, 9.17) is 25.4 Å². The maximum absolute atomic E-state index is 12.0. The summed E-state index contributed by atoms with van der Waals surface area (Å²) in [4.78, 5) is 17.0. The van der Waals surface area contributed by atoms with E-state index in [2.05, 4.69) is 56.5 Å². The van der Waals surface area contributed by atoms with E-state index in [9.17, 15) is 22.0 Å². The molecule has 0 amide bonds. The van der Waals surface area contributed by atoms with Crippen LogP contribution in [0.5, 0.6) is 5.75 Å². The molecule has 59 heavy (non-hydrogen) atoms. The van der Waals surface area contributed by atoms with Gasteiger partial charge in [0, 0.05) is 5.56 Å². The van der Waals surface area contributed by atoms with Gasteiger partial charge in [0.1, 0.15) is 17.3 Å². The molecule has 4 rings (SSSR count). The number of alkyl halides is 1. The van der Waals surface area contributed by atoms with Gasteiger partial charge >= 0.3 is 16.1 Å². The topological polar surface area (TPSA) is 181 Å². The van der Waals surface area contributed by atoms with Crippen LogP contribution < -0.4 is 4.74 Å². The van der Waals surface area contributed by atoms with Gasteiger partial charge in [0.05, 0.1) is 55.0 Å². The van der Waals surface area contributed by atoms with Crippen LogP contribution in [0.15, 0.2) is 117 Å². The zero-order valence-electron chi connectivity index (χ0n) is 34.1. The minimum absolute atomic E-state index is 0.0864. The van der Waals surface area contributed by atoms with Crippen LogP contribution >= 0.6 is 23.6 Å². The summed E-state index contributed by atoms with van der Waals surface area (Å²) in [6.07, 6.45) is 7.68. The van der Waals surface area contributed by atoms with Crippen LogP contribution in [-0.2, 0) is 49.0 Å². The number of methoxy groups -OCH3 is 1. The third kappa shape index (κ3) is 22.6. The second-order valence-corrected chi connectivity index (χ2v) is 15.1. The third-order valence-corrected chi connectivity index (χ3v) is 9.67. The van der Waals surface area contributed by atoms with Crippen LogP contribution in [0.1, 0.15) is 91.9 Å². The van der Waals surface area contributed by atoms with Crippen molar-refractivity contribution in [3.05, 3.63) is 125 Å². The molecule has 0 radical (unpaired) electrons. The summed E-state index contributed by atoms with van der Waals surface area (Å²) >= 11 is 3.78. The molecule has 324 valence electrons. The zero-order valence-corrected chi connectivity index (χ0v) is 37.3. The number of carbonyl (C=O) groups excluding carboxylic acids is 1. The molecule has 0 heterocycles. The first-order valence-corrected chi connectivity index (χ1v) is 22.0. The highest BCUT2D eigenvalue weighted by atomic mass is 35.5. The number of nitrogens with zero attached hydrogens (tertiary/aromatic N) is 2. The molecule has 0 aliphatic heterocycles. The van der Waals surface area contributed by atoms with Gasteiger partial charge < -0.3 is 18.3 Å². The van der Waals surface area contributed by atoms with Crippen molar-refractivity contribution in [3.8, 4) is 5.75 Å². The number of para-hydroxylation sites is 1. The van der Waals surface area contributed by atoms with Crippen LogP contribution in [-0.4, -0.2) is 62.3 Å². The summed E-state index contributed by atoms with van der Waals surface area (Å²) < 4.78 is 67.0. The minimum Gasteiger partial charge on any atom is -0.738 e. The molecule has 0 spiro atoms. The van der Waals surface area contributed by atoms with Crippen LogP contribution in [0.4, 0.5) is 0 Å². The minimum atomic E-state index is -3.85. The van der Waals surface area contributed by atoms with Gasteiger partial charge in [-0.3, -0.25) is 4.28 Å². The van der Waals surface area contributed by atoms with E-state index >= 15 is 0 Å². The lowest BCUT2D eigenvalue weighted by Gasteiger charge is -2.13. The van der Waals surface area contributed by atoms with Crippen molar-refractivity contribution in [3.63, 3.8) is 0 Å². The van der Waals surface area contributed by atoms with Crippen LogP contribution in [0, 0.1) is 6.92 Å². The summed E-state index contributed by atoms with van der Waals surface area (Å²) in [5.41, 5.74) is 3.89. The molecule has 0 saturated carbocycles. The van der Waals surface area contributed by atoms with E-state index in [1.165, 1.54) is 58.0 Å². The number of aryl methyl sites for hydroxylation is 1. The number of benzene rings is 4.